The van der Waals surface area contributed by atoms with Crippen molar-refractivity contribution < 1.29 is 9.13 Å². The Morgan fingerprint density at radius 1 is 0.778 bits per heavy atom. The molecule has 0 aliphatic rings. The molecule has 2 nitrogen and oxygen atoms in total. The smallest absolute Gasteiger partial charge is 0.103 e. The lowest BCUT2D eigenvalue weighted by Crippen LogP contribution is -2.51. The van der Waals surface area contributed by atoms with E-state index in [1.54, 1.807) is 0 Å². The van der Waals surface area contributed by atoms with Gasteiger partial charge in [-0.3, -0.25) is 0 Å². The molecule has 0 amide bonds. The molecule has 0 saturated heterocycles. The van der Waals surface area contributed by atoms with E-state index in [1.807, 2.05) is 27.4 Å². The molecule has 0 radical (unpaired) electrons. The molecule has 0 heterocycles. The summed E-state index contributed by atoms with van der Waals surface area (Å²) in [5.74, 6) is 0. The van der Waals surface area contributed by atoms with Gasteiger partial charge in [0.25, 0.3) is 0 Å². The minimum absolute atomic E-state index is 0.250. The molecule has 4 heteroatoms. The van der Waals surface area contributed by atoms with Gasteiger partial charge in [0.1, 0.15) is 7.14 Å². The second-order valence-corrected chi connectivity index (χ2v) is 14.0. The van der Waals surface area contributed by atoms with Crippen molar-refractivity contribution in [3.8, 4) is 0 Å². The first kappa shape index (κ1) is 18.5. The van der Waals surface area contributed by atoms with Crippen LogP contribution >= 0.6 is 15.6 Å². The van der Waals surface area contributed by atoms with Crippen LogP contribution in [0.25, 0.3) is 0 Å². The van der Waals surface area contributed by atoms with E-state index in [2.05, 4.69) is 41.5 Å². The molecule has 2 atom stereocenters. The minimum Gasteiger partial charge on any atom is -0.329 e. The highest BCUT2D eigenvalue weighted by atomic mass is 31.2. The van der Waals surface area contributed by atoms with Crippen molar-refractivity contribution in [1.82, 2.24) is 0 Å². The van der Waals surface area contributed by atoms with Crippen LogP contribution in [0.2, 0.25) is 0 Å². The van der Waals surface area contributed by atoms with Gasteiger partial charge in [-0.25, -0.2) is 0 Å². The van der Waals surface area contributed by atoms with Crippen LogP contribution in [0.1, 0.15) is 62.3 Å². The van der Waals surface area contributed by atoms with Gasteiger partial charge in [0, 0.05) is 5.16 Å². The molecular formula is C14H32O2P2. The Bertz CT molecular complexity index is 351. The van der Waals surface area contributed by atoms with Crippen LogP contribution in [0.15, 0.2) is 0 Å². The fraction of sp³-hybridized carbons (Fsp3) is 1.00. The van der Waals surface area contributed by atoms with Crippen LogP contribution in [0.5, 0.6) is 0 Å². The summed E-state index contributed by atoms with van der Waals surface area (Å²) in [6, 6.07) is 0. The predicted molar refractivity (Wildman–Crippen MR) is 85.3 cm³/mol. The lowest BCUT2D eigenvalue weighted by molar-refractivity contribution is 0.199. The lowest BCUT2D eigenvalue weighted by atomic mass is 9.76. The Hall–Kier alpha value is 0.460. The van der Waals surface area contributed by atoms with Gasteiger partial charge in [0.05, 0.1) is 13.4 Å². The summed E-state index contributed by atoms with van der Waals surface area (Å²) in [7, 11) is -3.76. The van der Waals surface area contributed by atoms with Crippen molar-refractivity contribution in [3.63, 3.8) is 0 Å². The number of hydrogen-bond acceptors (Lipinski definition) is 2. The molecule has 0 aromatic rings. The molecule has 0 fully saturated rings. The van der Waals surface area contributed by atoms with Crippen LogP contribution in [-0.2, 0) is 9.13 Å². The summed E-state index contributed by atoms with van der Waals surface area (Å²) in [6.45, 7) is 20.3. The van der Waals surface area contributed by atoms with Gasteiger partial charge in [-0.1, -0.05) is 62.3 Å². The van der Waals surface area contributed by atoms with Gasteiger partial charge in [0.15, 0.2) is 0 Å². The largest absolute Gasteiger partial charge is 0.329 e. The summed E-state index contributed by atoms with van der Waals surface area (Å²) in [5.41, 5.74) is -0.500. The normalized spacial score (nSPS) is 19.2. The molecule has 0 aliphatic heterocycles. The van der Waals surface area contributed by atoms with Crippen LogP contribution in [-0.4, -0.2) is 16.7 Å². The van der Waals surface area contributed by atoms with Crippen molar-refractivity contribution in [2.24, 2.45) is 10.8 Å². The van der Waals surface area contributed by atoms with Gasteiger partial charge >= 0.3 is 0 Å². The van der Waals surface area contributed by atoms with Crippen LogP contribution in [0.3, 0.4) is 0 Å². The second kappa shape index (κ2) is 4.78. The Balaban J connectivity index is 6.47. The average Bonchev–Trinajstić information content (AvgIpc) is 1.96. The van der Waals surface area contributed by atoms with Crippen LogP contribution in [0.4, 0.5) is 0 Å². The number of hydrogen-bond donors (Lipinski definition) is 0. The maximum atomic E-state index is 13.6. The zero-order chi connectivity index (χ0) is 15.2. The third-order valence-corrected chi connectivity index (χ3v) is 13.5. The van der Waals surface area contributed by atoms with Gasteiger partial charge in [-0.2, -0.15) is 0 Å². The van der Waals surface area contributed by atoms with Crippen molar-refractivity contribution >= 4 is 15.6 Å². The maximum Gasteiger partial charge on any atom is 0.103 e. The molecule has 0 N–H and O–H groups in total. The summed E-state index contributed by atoms with van der Waals surface area (Å²) in [6.07, 6.45) is 0. The standard InChI is InChI=1S/C14H32O2P2/c1-11(2,3)14(17-15,12(4,5)6)18(10,16)13(7,8)9/h17H2,1-10H3/t18-/m0/s1. The van der Waals surface area contributed by atoms with E-state index < -0.39 is 20.5 Å². The second-order valence-electron chi connectivity index (χ2n) is 8.48. The summed E-state index contributed by atoms with van der Waals surface area (Å²) in [5, 5.41) is -0.328. The monoisotopic (exact) mass is 294 g/mol. The molecule has 1 unspecified atom stereocenters. The van der Waals surface area contributed by atoms with E-state index in [-0.39, 0.29) is 16.0 Å². The summed E-state index contributed by atoms with van der Waals surface area (Å²) in [4.78, 5) is -0.620. The Morgan fingerprint density at radius 2 is 1.06 bits per heavy atom. The SMILES string of the molecule is CC(C)(C)C([PH2]=O)(C(C)(C)C)[P@@](C)(=O)C(C)(C)C. The van der Waals surface area contributed by atoms with E-state index in [1.165, 1.54) is 0 Å². The van der Waals surface area contributed by atoms with Gasteiger partial charge in [-0.05, 0) is 17.5 Å². The minimum atomic E-state index is -2.64. The van der Waals surface area contributed by atoms with Gasteiger partial charge < -0.3 is 9.13 Å². The van der Waals surface area contributed by atoms with E-state index in [9.17, 15) is 9.13 Å². The highest BCUT2D eigenvalue weighted by molar-refractivity contribution is 7.73. The molecule has 0 spiro atoms. The van der Waals surface area contributed by atoms with Crippen molar-refractivity contribution in [2.45, 2.75) is 72.4 Å². The quantitative estimate of drug-likeness (QED) is 0.646. The third kappa shape index (κ3) is 2.53. The molecule has 0 rings (SSSR count). The molecule has 0 aliphatic carbocycles. The van der Waals surface area contributed by atoms with E-state index in [0.29, 0.717) is 0 Å². The topological polar surface area (TPSA) is 34.1 Å². The summed E-state index contributed by atoms with van der Waals surface area (Å²) >= 11 is 0. The first-order valence-electron chi connectivity index (χ1n) is 6.60. The zero-order valence-corrected chi connectivity index (χ0v) is 15.9. The van der Waals surface area contributed by atoms with Gasteiger partial charge in [-0.15, -0.1) is 0 Å². The highest BCUT2D eigenvalue weighted by Crippen LogP contribution is 2.78. The van der Waals surface area contributed by atoms with Crippen molar-refractivity contribution in [3.05, 3.63) is 0 Å². The summed E-state index contributed by atoms with van der Waals surface area (Å²) < 4.78 is 25.9. The Morgan fingerprint density at radius 3 is 1.11 bits per heavy atom. The van der Waals surface area contributed by atoms with E-state index in [0.717, 1.165) is 0 Å². The molecule has 0 bridgehead atoms. The first-order valence-corrected chi connectivity index (χ1v) is 9.80. The molecule has 18 heavy (non-hydrogen) atoms. The first-order chi connectivity index (χ1) is 7.56. The van der Waals surface area contributed by atoms with E-state index in [4.69, 9.17) is 0 Å². The Kier molecular flexibility index (Phi) is 4.90. The molecule has 0 aromatic carbocycles. The predicted octanol–water partition coefficient (Wildman–Crippen LogP) is 5.32. The average molecular weight is 294 g/mol. The third-order valence-electron chi connectivity index (χ3n) is 4.41. The fourth-order valence-corrected chi connectivity index (χ4v) is 9.68. The molecule has 0 aromatic heterocycles. The van der Waals surface area contributed by atoms with Crippen molar-refractivity contribution in [1.29, 1.82) is 0 Å². The number of rotatable bonds is 2. The van der Waals surface area contributed by atoms with Crippen LogP contribution in [0, 0.1) is 10.8 Å². The van der Waals surface area contributed by atoms with E-state index >= 15 is 0 Å². The Labute approximate surface area is 115 Å². The maximum absolute atomic E-state index is 13.6. The molecule has 0 saturated carbocycles. The van der Waals surface area contributed by atoms with Crippen molar-refractivity contribution in [2.75, 3.05) is 6.66 Å². The fourth-order valence-electron chi connectivity index (χ4n) is 3.39. The van der Waals surface area contributed by atoms with Gasteiger partial charge in [0.2, 0.25) is 0 Å². The van der Waals surface area contributed by atoms with Crippen LogP contribution < -0.4 is 0 Å². The highest BCUT2D eigenvalue weighted by Gasteiger charge is 2.62. The molecular weight excluding hydrogens is 262 g/mol. The zero-order valence-electron chi connectivity index (χ0n) is 13.8. The lowest BCUT2D eigenvalue weighted by Gasteiger charge is -2.56. The molecule has 110 valence electrons.